The molecule has 1 aliphatic rings. The van der Waals surface area contributed by atoms with Crippen LogP contribution in [0.4, 0.5) is 0 Å². The second-order valence-corrected chi connectivity index (χ2v) is 4.58. The van der Waals surface area contributed by atoms with Crippen LogP contribution in [0.15, 0.2) is 18.5 Å². The molecule has 0 saturated carbocycles. The molecule has 1 atom stereocenters. The molecule has 18 heavy (non-hydrogen) atoms. The summed E-state index contributed by atoms with van der Waals surface area (Å²) in [6, 6.07) is 1.05. The normalized spacial score (nSPS) is 19.8. The quantitative estimate of drug-likeness (QED) is 0.844. The maximum atomic E-state index is 12.0. The highest BCUT2D eigenvalue weighted by Gasteiger charge is 2.23. The smallest absolute Gasteiger partial charge is 0.253 e. The highest BCUT2D eigenvalue weighted by Crippen LogP contribution is 2.14. The summed E-state index contributed by atoms with van der Waals surface area (Å²) in [5.74, 6) is -0.476. The molecule has 0 bridgehead atoms. The lowest BCUT2D eigenvalue weighted by Gasteiger charge is -2.15. The van der Waals surface area contributed by atoms with Crippen molar-refractivity contribution in [3.8, 4) is 0 Å². The summed E-state index contributed by atoms with van der Waals surface area (Å²) in [5, 5.41) is 5.75. The number of carbonyl (C=O) groups is 2. The molecule has 0 spiro atoms. The maximum absolute atomic E-state index is 12.0. The van der Waals surface area contributed by atoms with Crippen LogP contribution in [0.3, 0.4) is 0 Å². The van der Waals surface area contributed by atoms with Crippen LogP contribution in [0.1, 0.15) is 29.6 Å². The molecule has 2 rings (SSSR count). The lowest BCUT2D eigenvalue weighted by atomic mass is 10.1. The third kappa shape index (κ3) is 2.98. The van der Waals surface area contributed by atoms with Gasteiger partial charge in [0.25, 0.3) is 5.91 Å². The molecule has 1 unspecified atom stereocenters. The number of aromatic nitrogens is 1. The van der Waals surface area contributed by atoms with Gasteiger partial charge < -0.3 is 10.6 Å². The molecule has 1 saturated heterocycles. The van der Waals surface area contributed by atoms with E-state index in [1.807, 2.05) is 0 Å². The van der Waals surface area contributed by atoms with Gasteiger partial charge in [-0.15, -0.1) is 0 Å². The second-order valence-electron chi connectivity index (χ2n) is 4.17. The standard InChI is InChI=1S/C12H14ClN3O2/c13-9-7-14-6-4-8(9)11(17)16-10-3-1-2-5-15-12(10)18/h4,6-7,10H,1-3,5H2,(H,15,18)(H,16,17). The Morgan fingerprint density at radius 1 is 1.50 bits per heavy atom. The van der Waals surface area contributed by atoms with Gasteiger partial charge in [0.15, 0.2) is 0 Å². The highest BCUT2D eigenvalue weighted by atomic mass is 35.5. The zero-order valence-electron chi connectivity index (χ0n) is 9.78. The summed E-state index contributed by atoms with van der Waals surface area (Å²) in [6.45, 7) is 0.668. The predicted octanol–water partition coefficient (Wildman–Crippen LogP) is 1.13. The van der Waals surface area contributed by atoms with Crippen molar-refractivity contribution in [3.63, 3.8) is 0 Å². The van der Waals surface area contributed by atoms with Crippen molar-refractivity contribution in [3.05, 3.63) is 29.0 Å². The minimum atomic E-state index is -0.482. The Kier molecular flexibility index (Phi) is 4.15. The molecule has 0 aliphatic carbocycles. The van der Waals surface area contributed by atoms with E-state index < -0.39 is 6.04 Å². The highest BCUT2D eigenvalue weighted by molar-refractivity contribution is 6.33. The van der Waals surface area contributed by atoms with Gasteiger partial charge in [-0.05, 0) is 25.3 Å². The summed E-state index contributed by atoms with van der Waals surface area (Å²) in [4.78, 5) is 27.5. The first kappa shape index (κ1) is 12.8. The molecule has 96 valence electrons. The van der Waals surface area contributed by atoms with E-state index in [1.54, 1.807) is 0 Å². The number of pyridine rings is 1. The molecule has 1 aromatic rings. The summed E-state index contributed by atoms with van der Waals surface area (Å²) < 4.78 is 0. The lowest BCUT2D eigenvalue weighted by Crippen LogP contribution is -2.45. The molecule has 1 aliphatic heterocycles. The fourth-order valence-electron chi connectivity index (χ4n) is 1.87. The van der Waals surface area contributed by atoms with E-state index in [0.29, 0.717) is 18.5 Å². The van der Waals surface area contributed by atoms with Crippen molar-refractivity contribution < 1.29 is 9.59 Å². The molecule has 5 nitrogen and oxygen atoms in total. The second kappa shape index (κ2) is 5.82. The van der Waals surface area contributed by atoms with Crippen LogP contribution in [0.5, 0.6) is 0 Å². The topological polar surface area (TPSA) is 71.1 Å². The van der Waals surface area contributed by atoms with Gasteiger partial charge >= 0.3 is 0 Å². The maximum Gasteiger partial charge on any atom is 0.253 e. The number of rotatable bonds is 2. The molecule has 1 fully saturated rings. The van der Waals surface area contributed by atoms with E-state index in [1.165, 1.54) is 18.5 Å². The number of nitrogens with one attached hydrogen (secondary N) is 2. The first-order chi connectivity index (χ1) is 8.68. The van der Waals surface area contributed by atoms with Crippen LogP contribution in [0.25, 0.3) is 0 Å². The molecular weight excluding hydrogens is 254 g/mol. The summed E-state index contributed by atoms with van der Waals surface area (Å²) in [6.07, 6.45) is 5.40. The Morgan fingerprint density at radius 3 is 3.11 bits per heavy atom. The molecular formula is C12H14ClN3O2. The fraction of sp³-hybridized carbons (Fsp3) is 0.417. The van der Waals surface area contributed by atoms with Gasteiger partial charge in [0.1, 0.15) is 6.04 Å². The van der Waals surface area contributed by atoms with Crippen molar-refractivity contribution >= 4 is 23.4 Å². The zero-order chi connectivity index (χ0) is 13.0. The van der Waals surface area contributed by atoms with Crippen LogP contribution < -0.4 is 10.6 Å². The predicted molar refractivity (Wildman–Crippen MR) is 67.4 cm³/mol. The van der Waals surface area contributed by atoms with Gasteiger partial charge in [-0.25, -0.2) is 0 Å². The average Bonchev–Trinajstić information content (AvgIpc) is 2.55. The SMILES string of the molecule is O=C(NC1CCCCNC1=O)c1ccncc1Cl. The van der Waals surface area contributed by atoms with Crippen LogP contribution in [0.2, 0.25) is 5.02 Å². The average molecular weight is 268 g/mol. The number of hydrogen-bond acceptors (Lipinski definition) is 3. The van der Waals surface area contributed by atoms with Crippen molar-refractivity contribution in [1.29, 1.82) is 0 Å². The van der Waals surface area contributed by atoms with E-state index in [9.17, 15) is 9.59 Å². The summed E-state index contributed by atoms with van der Waals surface area (Å²) in [7, 11) is 0. The van der Waals surface area contributed by atoms with Gasteiger partial charge in [-0.1, -0.05) is 11.6 Å². The van der Waals surface area contributed by atoms with E-state index in [0.717, 1.165) is 12.8 Å². The molecule has 1 aromatic heterocycles. The van der Waals surface area contributed by atoms with E-state index in [4.69, 9.17) is 11.6 Å². The third-order valence-electron chi connectivity index (χ3n) is 2.86. The van der Waals surface area contributed by atoms with E-state index in [-0.39, 0.29) is 16.8 Å². The minimum absolute atomic E-state index is 0.133. The first-order valence-electron chi connectivity index (χ1n) is 5.86. The van der Waals surface area contributed by atoms with Gasteiger partial charge in [-0.2, -0.15) is 0 Å². The van der Waals surface area contributed by atoms with Crippen molar-refractivity contribution in [2.75, 3.05) is 6.54 Å². The number of halogens is 1. The first-order valence-corrected chi connectivity index (χ1v) is 6.24. The molecule has 2 heterocycles. The number of hydrogen-bond donors (Lipinski definition) is 2. The van der Waals surface area contributed by atoms with Gasteiger partial charge in [0.05, 0.1) is 10.6 Å². The number of nitrogens with zero attached hydrogens (tertiary/aromatic N) is 1. The van der Waals surface area contributed by atoms with Gasteiger partial charge in [0.2, 0.25) is 5.91 Å². The van der Waals surface area contributed by atoms with Crippen LogP contribution >= 0.6 is 11.6 Å². The molecule has 2 amide bonds. The van der Waals surface area contributed by atoms with Gasteiger partial charge in [-0.3, -0.25) is 14.6 Å². The Labute approximate surface area is 110 Å². The zero-order valence-corrected chi connectivity index (χ0v) is 10.5. The van der Waals surface area contributed by atoms with Crippen molar-refractivity contribution in [2.24, 2.45) is 0 Å². The Hall–Kier alpha value is -1.62. The van der Waals surface area contributed by atoms with Crippen LogP contribution in [-0.2, 0) is 4.79 Å². The molecule has 6 heteroatoms. The van der Waals surface area contributed by atoms with Crippen molar-refractivity contribution in [1.82, 2.24) is 15.6 Å². The fourth-order valence-corrected chi connectivity index (χ4v) is 2.08. The minimum Gasteiger partial charge on any atom is -0.354 e. The Bertz CT molecular complexity index is 464. The summed E-state index contributed by atoms with van der Waals surface area (Å²) >= 11 is 5.88. The molecule has 0 aromatic carbocycles. The largest absolute Gasteiger partial charge is 0.354 e. The number of amides is 2. The lowest BCUT2D eigenvalue weighted by molar-refractivity contribution is -0.122. The van der Waals surface area contributed by atoms with Gasteiger partial charge in [0, 0.05) is 18.9 Å². The van der Waals surface area contributed by atoms with E-state index >= 15 is 0 Å². The number of carbonyl (C=O) groups excluding carboxylic acids is 2. The van der Waals surface area contributed by atoms with Crippen LogP contribution in [0, 0.1) is 0 Å². The Morgan fingerprint density at radius 2 is 2.33 bits per heavy atom. The Balaban J connectivity index is 2.06. The molecule has 0 radical (unpaired) electrons. The van der Waals surface area contributed by atoms with Crippen molar-refractivity contribution in [2.45, 2.75) is 25.3 Å². The summed E-state index contributed by atoms with van der Waals surface area (Å²) in [5.41, 5.74) is 0.337. The van der Waals surface area contributed by atoms with Crippen LogP contribution in [-0.4, -0.2) is 29.4 Å². The third-order valence-corrected chi connectivity index (χ3v) is 3.16. The molecule has 2 N–H and O–H groups in total. The monoisotopic (exact) mass is 267 g/mol. The van der Waals surface area contributed by atoms with E-state index in [2.05, 4.69) is 15.6 Å².